The second-order valence-electron chi connectivity index (χ2n) is 5.78. The number of rotatable bonds is 10. The molecule has 5 nitrogen and oxygen atoms in total. The third-order valence-corrected chi connectivity index (χ3v) is 4.25. The van der Waals surface area contributed by atoms with Crippen molar-refractivity contribution in [1.82, 2.24) is 10.2 Å². The molecule has 2 rings (SSSR count). The lowest BCUT2D eigenvalue weighted by molar-refractivity contribution is -0.147. The van der Waals surface area contributed by atoms with Crippen LogP contribution in [0, 0.1) is 5.92 Å². The topological polar surface area (TPSA) is 61.8 Å². The smallest absolute Gasteiger partial charge is 0.325 e. The minimum Gasteiger partial charge on any atom is -0.480 e. The second kappa shape index (κ2) is 6.20. The molecular weight excluding hydrogens is 244 g/mol. The van der Waals surface area contributed by atoms with Crippen LogP contribution in [0.15, 0.2) is 0 Å². The first-order chi connectivity index (χ1) is 9.14. The molecule has 0 aromatic rings. The quantitative estimate of drug-likeness (QED) is 0.618. The molecule has 1 unspecified atom stereocenters. The molecule has 0 bridgehead atoms. The molecule has 2 N–H and O–H groups in total. The molecule has 2 fully saturated rings. The lowest BCUT2D eigenvalue weighted by Crippen LogP contribution is -2.61. The van der Waals surface area contributed by atoms with Gasteiger partial charge in [-0.1, -0.05) is 6.92 Å². The highest BCUT2D eigenvalue weighted by atomic mass is 16.5. The summed E-state index contributed by atoms with van der Waals surface area (Å²) in [5.74, 6) is -0.409. The van der Waals surface area contributed by atoms with Crippen molar-refractivity contribution in [2.24, 2.45) is 5.92 Å². The number of carboxylic acids is 1. The van der Waals surface area contributed by atoms with Crippen molar-refractivity contribution < 1.29 is 14.6 Å². The summed E-state index contributed by atoms with van der Waals surface area (Å²) in [6, 6.07) is 0.561. The molecule has 2 aliphatic rings. The summed E-state index contributed by atoms with van der Waals surface area (Å²) in [4.78, 5) is 14.1. The number of carbonyl (C=O) groups is 1. The molecule has 2 saturated carbocycles. The highest BCUT2D eigenvalue weighted by Gasteiger charge is 2.52. The van der Waals surface area contributed by atoms with Crippen LogP contribution in [0.5, 0.6) is 0 Å². The van der Waals surface area contributed by atoms with Gasteiger partial charge in [0, 0.05) is 26.2 Å². The van der Waals surface area contributed by atoms with E-state index in [-0.39, 0.29) is 5.92 Å². The van der Waals surface area contributed by atoms with Gasteiger partial charge in [0.1, 0.15) is 5.54 Å². The standard InChI is InChI=1S/C14H26N2O3/c1-3-15-14(13(17)18,11-4-5-11)10-16(8-9-19-2)12-6-7-12/h11-12,15H,3-10H2,1-2H3,(H,17,18). The van der Waals surface area contributed by atoms with Crippen molar-refractivity contribution in [2.75, 3.05) is 33.4 Å². The largest absolute Gasteiger partial charge is 0.480 e. The predicted molar refractivity (Wildman–Crippen MR) is 73.2 cm³/mol. The van der Waals surface area contributed by atoms with Gasteiger partial charge in [-0.2, -0.15) is 0 Å². The molecule has 0 aliphatic heterocycles. The Morgan fingerprint density at radius 1 is 1.42 bits per heavy atom. The van der Waals surface area contributed by atoms with Gasteiger partial charge in [-0.25, -0.2) is 0 Å². The van der Waals surface area contributed by atoms with Crippen molar-refractivity contribution in [1.29, 1.82) is 0 Å². The summed E-state index contributed by atoms with van der Waals surface area (Å²) in [7, 11) is 1.70. The Balaban J connectivity index is 2.05. The zero-order chi connectivity index (χ0) is 13.9. The second-order valence-corrected chi connectivity index (χ2v) is 5.78. The summed E-state index contributed by atoms with van der Waals surface area (Å²) in [5.41, 5.74) is -0.759. The first-order valence-corrected chi connectivity index (χ1v) is 7.35. The third-order valence-electron chi connectivity index (χ3n) is 4.25. The van der Waals surface area contributed by atoms with Crippen molar-refractivity contribution in [3.63, 3.8) is 0 Å². The van der Waals surface area contributed by atoms with Crippen molar-refractivity contribution >= 4 is 5.97 Å². The molecular formula is C14H26N2O3. The molecule has 2 aliphatic carbocycles. The van der Waals surface area contributed by atoms with Crippen LogP contribution >= 0.6 is 0 Å². The number of carboxylic acid groups (broad SMARTS) is 1. The van der Waals surface area contributed by atoms with Gasteiger partial charge in [0.15, 0.2) is 0 Å². The van der Waals surface area contributed by atoms with Gasteiger partial charge >= 0.3 is 5.97 Å². The highest BCUT2D eigenvalue weighted by molar-refractivity contribution is 5.80. The summed E-state index contributed by atoms with van der Waals surface area (Å²) < 4.78 is 5.15. The fourth-order valence-electron chi connectivity index (χ4n) is 2.90. The van der Waals surface area contributed by atoms with Crippen molar-refractivity contribution in [2.45, 2.75) is 44.2 Å². The third kappa shape index (κ3) is 3.46. The number of likely N-dealkylation sites (N-methyl/N-ethyl adjacent to an activating group) is 1. The molecule has 0 radical (unpaired) electrons. The summed E-state index contributed by atoms with van der Waals surface area (Å²) >= 11 is 0. The molecule has 0 aromatic heterocycles. The van der Waals surface area contributed by atoms with Crippen LogP contribution in [-0.2, 0) is 9.53 Å². The van der Waals surface area contributed by atoms with Crippen LogP contribution in [-0.4, -0.2) is 60.9 Å². The van der Waals surface area contributed by atoms with Crippen LogP contribution < -0.4 is 5.32 Å². The van der Waals surface area contributed by atoms with E-state index >= 15 is 0 Å². The van der Waals surface area contributed by atoms with Crippen LogP contribution in [0.4, 0.5) is 0 Å². The molecule has 0 saturated heterocycles. The fraction of sp³-hybridized carbons (Fsp3) is 0.929. The van der Waals surface area contributed by atoms with Gasteiger partial charge < -0.3 is 15.2 Å². The molecule has 0 amide bonds. The van der Waals surface area contributed by atoms with Gasteiger partial charge in [0.2, 0.25) is 0 Å². The maximum atomic E-state index is 11.8. The van der Waals surface area contributed by atoms with Crippen LogP contribution in [0.2, 0.25) is 0 Å². The number of hydrogen-bond acceptors (Lipinski definition) is 4. The van der Waals surface area contributed by atoms with E-state index in [2.05, 4.69) is 10.2 Å². The normalized spacial score (nSPS) is 22.5. The summed E-state index contributed by atoms with van der Waals surface area (Å²) in [5, 5.41) is 13.0. The van der Waals surface area contributed by atoms with E-state index in [1.807, 2.05) is 6.92 Å². The average Bonchev–Trinajstić information content (AvgIpc) is 3.24. The summed E-state index contributed by atoms with van der Waals surface area (Å²) in [6.07, 6.45) is 4.44. The minimum atomic E-state index is -0.759. The van der Waals surface area contributed by atoms with E-state index in [9.17, 15) is 9.90 Å². The van der Waals surface area contributed by atoms with E-state index in [1.165, 1.54) is 12.8 Å². The van der Waals surface area contributed by atoms with Gasteiger partial charge in [-0.3, -0.25) is 9.69 Å². The first-order valence-electron chi connectivity index (χ1n) is 7.35. The van der Waals surface area contributed by atoms with Gasteiger partial charge in [0.25, 0.3) is 0 Å². The average molecular weight is 270 g/mol. The Bertz CT molecular complexity index is 316. The zero-order valence-corrected chi connectivity index (χ0v) is 12.0. The fourth-order valence-corrected chi connectivity index (χ4v) is 2.90. The first kappa shape index (κ1) is 14.8. The number of methoxy groups -OCH3 is 1. The Morgan fingerprint density at radius 2 is 2.11 bits per heavy atom. The Hall–Kier alpha value is -0.650. The predicted octanol–water partition coefficient (Wildman–Crippen LogP) is 0.940. The summed E-state index contributed by atoms with van der Waals surface area (Å²) in [6.45, 7) is 4.79. The molecule has 0 aromatic carbocycles. The Kier molecular flexibility index (Phi) is 4.81. The maximum absolute atomic E-state index is 11.8. The van der Waals surface area contributed by atoms with Crippen LogP contribution in [0.1, 0.15) is 32.6 Å². The lowest BCUT2D eigenvalue weighted by Gasteiger charge is -2.36. The Morgan fingerprint density at radius 3 is 2.53 bits per heavy atom. The van der Waals surface area contributed by atoms with Crippen LogP contribution in [0.25, 0.3) is 0 Å². The minimum absolute atomic E-state index is 0.286. The highest BCUT2D eigenvalue weighted by Crippen LogP contribution is 2.41. The number of hydrogen-bond donors (Lipinski definition) is 2. The van der Waals surface area contributed by atoms with Crippen molar-refractivity contribution in [3.05, 3.63) is 0 Å². The number of nitrogens with zero attached hydrogens (tertiary/aromatic N) is 1. The van der Waals surface area contributed by atoms with Crippen LogP contribution in [0.3, 0.4) is 0 Å². The van der Waals surface area contributed by atoms with E-state index in [1.54, 1.807) is 7.11 Å². The maximum Gasteiger partial charge on any atom is 0.325 e. The van der Waals surface area contributed by atoms with E-state index in [0.29, 0.717) is 25.7 Å². The molecule has 19 heavy (non-hydrogen) atoms. The zero-order valence-electron chi connectivity index (χ0n) is 12.0. The SMILES string of the molecule is CCNC(CN(CCOC)C1CC1)(C(=O)O)C1CC1. The molecule has 0 heterocycles. The number of aliphatic carboxylic acids is 1. The van der Waals surface area contributed by atoms with Gasteiger partial charge in [-0.15, -0.1) is 0 Å². The number of nitrogens with one attached hydrogen (secondary N) is 1. The molecule has 1 atom stereocenters. The van der Waals surface area contributed by atoms with E-state index in [4.69, 9.17) is 4.74 Å². The van der Waals surface area contributed by atoms with E-state index in [0.717, 1.165) is 19.4 Å². The lowest BCUT2D eigenvalue weighted by atomic mass is 9.92. The molecule has 110 valence electrons. The molecule has 0 spiro atoms. The van der Waals surface area contributed by atoms with E-state index < -0.39 is 11.5 Å². The van der Waals surface area contributed by atoms with Crippen molar-refractivity contribution in [3.8, 4) is 0 Å². The number of ether oxygens (including phenoxy) is 1. The Labute approximate surface area is 115 Å². The molecule has 5 heteroatoms. The monoisotopic (exact) mass is 270 g/mol. The van der Waals surface area contributed by atoms with Gasteiger partial charge in [-0.05, 0) is 38.1 Å². The van der Waals surface area contributed by atoms with Gasteiger partial charge in [0.05, 0.1) is 6.61 Å².